The molecule has 0 aliphatic rings. The number of amides is 2. The van der Waals surface area contributed by atoms with Crippen LogP contribution < -0.4 is 10.6 Å². The van der Waals surface area contributed by atoms with Gasteiger partial charge in [0.25, 0.3) is 0 Å². The van der Waals surface area contributed by atoms with Gasteiger partial charge < -0.3 is 10.6 Å². The molecule has 1 heterocycles. The molecule has 0 fully saturated rings. The Labute approximate surface area is 162 Å². The minimum absolute atomic E-state index is 0.0490. The van der Waals surface area contributed by atoms with Crippen LogP contribution in [0.15, 0.2) is 53.9 Å². The fraction of sp³-hybridized carbons (Fsp3) is 0.190. The highest BCUT2D eigenvalue weighted by Gasteiger charge is 2.10. The highest BCUT2D eigenvalue weighted by Crippen LogP contribution is 2.23. The van der Waals surface area contributed by atoms with Crippen LogP contribution in [-0.4, -0.2) is 16.8 Å². The molecular weight excluding hydrogens is 358 g/mol. The first-order valence-corrected chi connectivity index (χ1v) is 9.52. The number of hydrogen-bond acceptors (Lipinski definition) is 4. The summed E-state index contributed by atoms with van der Waals surface area (Å²) in [5.41, 5.74) is 4.81. The third-order valence-corrected chi connectivity index (χ3v) is 4.84. The van der Waals surface area contributed by atoms with Crippen LogP contribution in [-0.2, 0) is 22.6 Å². The van der Waals surface area contributed by atoms with Gasteiger partial charge in [-0.05, 0) is 24.6 Å². The van der Waals surface area contributed by atoms with Gasteiger partial charge in [-0.25, -0.2) is 4.98 Å². The molecule has 5 nitrogen and oxygen atoms in total. The largest absolute Gasteiger partial charge is 0.352 e. The molecule has 3 aromatic rings. The SMILES string of the molecule is CC(=O)NCc1ccc(-c2csc(CC(=O)Nc3ccc(C)cc3)n2)cc1. The van der Waals surface area contributed by atoms with Gasteiger partial charge >= 0.3 is 0 Å². The fourth-order valence-corrected chi connectivity index (χ4v) is 3.33. The monoisotopic (exact) mass is 379 g/mol. The number of nitrogens with one attached hydrogen (secondary N) is 2. The zero-order valence-electron chi connectivity index (χ0n) is 15.3. The van der Waals surface area contributed by atoms with Gasteiger partial charge in [-0.2, -0.15) is 0 Å². The molecule has 0 aliphatic carbocycles. The summed E-state index contributed by atoms with van der Waals surface area (Å²) in [4.78, 5) is 27.7. The van der Waals surface area contributed by atoms with Gasteiger partial charge in [-0.15, -0.1) is 11.3 Å². The Morgan fingerprint density at radius 2 is 1.74 bits per heavy atom. The number of nitrogens with zero attached hydrogens (tertiary/aromatic N) is 1. The first-order valence-electron chi connectivity index (χ1n) is 8.64. The molecule has 0 unspecified atom stereocenters. The van der Waals surface area contributed by atoms with Gasteiger partial charge in [0.15, 0.2) is 0 Å². The summed E-state index contributed by atoms with van der Waals surface area (Å²) in [5.74, 6) is -0.127. The topological polar surface area (TPSA) is 71.1 Å². The van der Waals surface area contributed by atoms with Crippen molar-refractivity contribution in [1.29, 1.82) is 0 Å². The molecule has 0 spiro atoms. The molecule has 3 rings (SSSR count). The van der Waals surface area contributed by atoms with Crippen LogP contribution in [0.1, 0.15) is 23.1 Å². The van der Waals surface area contributed by atoms with Gasteiger partial charge in [0.05, 0.1) is 12.1 Å². The first-order chi connectivity index (χ1) is 13.0. The van der Waals surface area contributed by atoms with E-state index in [0.717, 1.165) is 33.1 Å². The van der Waals surface area contributed by atoms with Crippen LogP contribution in [0.2, 0.25) is 0 Å². The Hall–Kier alpha value is -2.99. The molecular formula is C21H21N3O2S. The molecule has 27 heavy (non-hydrogen) atoms. The zero-order valence-corrected chi connectivity index (χ0v) is 16.1. The lowest BCUT2D eigenvalue weighted by Crippen LogP contribution is -2.18. The lowest BCUT2D eigenvalue weighted by Gasteiger charge is -2.04. The first kappa shape index (κ1) is 18.8. The number of thiazole rings is 1. The summed E-state index contributed by atoms with van der Waals surface area (Å²) >= 11 is 1.48. The number of carbonyl (C=O) groups is 2. The second kappa shape index (κ2) is 8.60. The van der Waals surface area contributed by atoms with Crippen LogP contribution >= 0.6 is 11.3 Å². The average molecular weight is 379 g/mol. The molecule has 2 aromatic carbocycles. The number of aryl methyl sites for hydroxylation is 1. The van der Waals surface area contributed by atoms with E-state index < -0.39 is 0 Å². The second-order valence-corrected chi connectivity index (χ2v) is 7.27. The molecule has 0 saturated carbocycles. The van der Waals surface area contributed by atoms with Crippen LogP contribution in [0.3, 0.4) is 0 Å². The molecule has 1 aromatic heterocycles. The van der Waals surface area contributed by atoms with Crippen LogP contribution in [0.4, 0.5) is 5.69 Å². The Balaban J connectivity index is 1.59. The van der Waals surface area contributed by atoms with E-state index in [1.807, 2.05) is 60.8 Å². The molecule has 6 heteroatoms. The summed E-state index contributed by atoms with van der Waals surface area (Å²) in [6.07, 6.45) is 0.249. The van der Waals surface area contributed by atoms with E-state index in [9.17, 15) is 9.59 Å². The van der Waals surface area contributed by atoms with Crippen LogP contribution in [0.25, 0.3) is 11.3 Å². The molecule has 138 valence electrons. The van der Waals surface area contributed by atoms with Crippen molar-refractivity contribution in [3.8, 4) is 11.3 Å². The standard InChI is InChI=1S/C21H21N3O2S/c1-14-3-9-18(10-4-14)23-20(26)11-21-24-19(13-27-21)17-7-5-16(6-8-17)12-22-15(2)25/h3-10,13H,11-12H2,1-2H3,(H,22,25)(H,23,26). The highest BCUT2D eigenvalue weighted by atomic mass is 32.1. The minimum atomic E-state index is -0.0783. The second-order valence-electron chi connectivity index (χ2n) is 6.32. The highest BCUT2D eigenvalue weighted by molar-refractivity contribution is 7.10. The van der Waals surface area contributed by atoms with E-state index >= 15 is 0 Å². The maximum atomic E-state index is 12.2. The molecule has 0 radical (unpaired) electrons. The summed E-state index contributed by atoms with van der Waals surface area (Å²) in [7, 11) is 0. The number of benzene rings is 2. The van der Waals surface area contributed by atoms with Crippen molar-refractivity contribution in [3.05, 3.63) is 70.0 Å². The number of rotatable bonds is 6. The van der Waals surface area contributed by atoms with Crippen molar-refractivity contribution >= 4 is 28.8 Å². The van der Waals surface area contributed by atoms with Gasteiger partial charge in [0, 0.05) is 30.1 Å². The van der Waals surface area contributed by atoms with E-state index in [4.69, 9.17) is 0 Å². The average Bonchev–Trinajstić information content (AvgIpc) is 3.10. The Kier molecular flexibility index (Phi) is 5.98. The van der Waals surface area contributed by atoms with Gasteiger partial charge in [0.2, 0.25) is 11.8 Å². The van der Waals surface area contributed by atoms with E-state index in [1.54, 1.807) is 0 Å². The van der Waals surface area contributed by atoms with Gasteiger partial charge in [0.1, 0.15) is 5.01 Å². The van der Waals surface area contributed by atoms with Crippen molar-refractivity contribution < 1.29 is 9.59 Å². The smallest absolute Gasteiger partial charge is 0.231 e. The van der Waals surface area contributed by atoms with Crippen LogP contribution in [0, 0.1) is 6.92 Å². The third-order valence-electron chi connectivity index (χ3n) is 3.99. The Bertz CT molecular complexity index is 931. The number of aromatic nitrogens is 1. The van der Waals surface area contributed by atoms with Crippen molar-refractivity contribution in [2.75, 3.05) is 5.32 Å². The molecule has 2 N–H and O–H groups in total. The van der Waals surface area contributed by atoms with E-state index in [-0.39, 0.29) is 18.2 Å². The predicted molar refractivity (Wildman–Crippen MR) is 109 cm³/mol. The molecule has 0 atom stereocenters. The summed E-state index contributed by atoms with van der Waals surface area (Å²) in [6, 6.07) is 15.6. The quantitative estimate of drug-likeness (QED) is 0.682. The Morgan fingerprint density at radius 1 is 1.04 bits per heavy atom. The van der Waals surface area contributed by atoms with Crippen molar-refractivity contribution in [1.82, 2.24) is 10.3 Å². The van der Waals surface area contributed by atoms with Crippen LogP contribution in [0.5, 0.6) is 0 Å². The van der Waals surface area contributed by atoms with E-state index in [0.29, 0.717) is 6.54 Å². The zero-order chi connectivity index (χ0) is 19.2. The third kappa shape index (κ3) is 5.49. The summed E-state index contributed by atoms with van der Waals surface area (Å²) in [6.45, 7) is 4.02. The van der Waals surface area contributed by atoms with Crippen molar-refractivity contribution in [3.63, 3.8) is 0 Å². The predicted octanol–water partition coefficient (Wildman–Crippen LogP) is 3.94. The molecule has 0 bridgehead atoms. The maximum absolute atomic E-state index is 12.2. The van der Waals surface area contributed by atoms with Crippen molar-refractivity contribution in [2.45, 2.75) is 26.8 Å². The number of hydrogen-bond donors (Lipinski definition) is 2. The molecule has 0 saturated heterocycles. The maximum Gasteiger partial charge on any atom is 0.231 e. The lowest BCUT2D eigenvalue weighted by molar-refractivity contribution is -0.119. The summed E-state index contributed by atoms with van der Waals surface area (Å²) in [5, 5.41) is 8.39. The van der Waals surface area contributed by atoms with E-state index in [1.165, 1.54) is 18.3 Å². The van der Waals surface area contributed by atoms with Crippen molar-refractivity contribution in [2.24, 2.45) is 0 Å². The number of carbonyl (C=O) groups excluding carboxylic acids is 2. The lowest BCUT2D eigenvalue weighted by atomic mass is 10.1. The minimum Gasteiger partial charge on any atom is -0.352 e. The normalized spacial score (nSPS) is 10.4. The van der Waals surface area contributed by atoms with E-state index in [2.05, 4.69) is 15.6 Å². The molecule has 2 amide bonds. The summed E-state index contributed by atoms with van der Waals surface area (Å²) < 4.78 is 0. The fourth-order valence-electron chi connectivity index (χ4n) is 2.52. The number of anilines is 1. The Morgan fingerprint density at radius 3 is 2.41 bits per heavy atom. The molecule has 0 aliphatic heterocycles. The van der Waals surface area contributed by atoms with Gasteiger partial charge in [-0.1, -0.05) is 42.0 Å². The van der Waals surface area contributed by atoms with Gasteiger partial charge in [-0.3, -0.25) is 9.59 Å².